The lowest BCUT2D eigenvalue weighted by Gasteiger charge is -2.17. The Morgan fingerprint density at radius 3 is 3.17 bits per heavy atom. The number of esters is 1. The first-order chi connectivity index (χ1) is 5.77. The van der Waals surface area contributed by atoms with Crippen molar-refractivity contribution in [3.8, 4) is 0 Å². The lowest BCUT2D eigenvalue weighted by molar-refractivity contribution is -0.141. The van der Waals surface area contributed by atoms with Gasteiger partial charge in [0.15, 0.2) is 0 Å². The van der Waals surface area contributed by atoms with Gasteiger partial charge in [-0.3, -0.25) is 0 Å². The third-order valence-electron chi connectivity index (χ3n) is 1.54. The van der Waals surface area contributed by atoms with Gasteiger partial charge in [0.25, 0.3) is 0 Å². The van der Waals surface area contributed by atoms with E-state index in [1.54, 1.807) is 6.08 Å². The first-order valence-electron chi connectivity index (χ1n) is 3.55. The summed E-state index contributed by atoms with van der Waals surface area (Å²) in [5.74, 6) is -0.266. The van der Waals surface area contributed by atoms with Crippen molar-refractivity contribution in [2.45, 2.75) is 6.04 Å². The molecule has 3 nitrogen and oxygen atoms in total. The van der Waals surface area contributed by atoms with E-state index < -0.39 is 0 Å². The molecule has 66 valence electrons. The Hall–Kier alpha value is -0.770. The Balaban J connectivity index is 2.59. The highest BCUT2D eigenvalue weighted by Gasteiger charge is 2.17. The summed E-state index contributed by atoms with van der Waals surface area (Å²) in [6, 6.07) is -0.340. The van der Waals surface area contributed by atoms with E-state index in [0.29, 0.717) is 5.33 Å². The number of hydrogen-bond donors (Lipinski definition) is 1. The molecule has 12 heavy (non-hydrogen) atoms. The number of carbonyl (C=O) groups is 1. The predicted molar refractivity (Wildman–Crippen MR) is 50.0 cm³/mol. The quantitative estimate of drug-likeness (QED) is 0.569. The van der Waals surface area contributed by atoms with Crippen LogP contribution in [0.2, 0.25) is 0 Å². The van der Waals surface area contributed by atoms with Crippen LogP contribution in [0.4, 0.5) is 0 Å². The summed E-state index contributed by atoms with van der Waals surface area (Å²) in [4.78, 5) is 11.0. The highest BCUT2D eigenvalue weighted by Crippen LogP contribution is 2.05. The van der Waals surface area contributed by atoms with Gasteiger partial charge in [0.2, 0.25) is 0 Å². The Morgan fingerprint density at radius 2 is 2.58 bits per heavy atom. The largest absolute Gasteiger partial charge is 0.467 e. The van der Waals surface area contributed by atoms with Gasteiger partial charge in [-0.1, -0.05) is 28.1 Å². The fourth-order valence-electron chi connectivity index (χ4n) is 0.926. The summed E-state index contributed by atoms with van der Waals surface area (Å²) in [7, 11) is 1.38. The van der Waals surface area contributed by atoms with Gasteiger partial charge in [-0.2, -0.15) is 0 Å². The summed E-state index contributed by atoms with van der Waals surface area (Å²) < 4.78 is 4.59. The zero-order valence-corrected chi connectivity index (χ0v) is 8.30. The van der Waals surface area contributed by atoms with Gasteiger partial charge in [-0.15, -0.1) is 0 Å². The van der Waals surface area contributed by atoms with E-state index in [0.717, 1.165) is 5.70 Å². The molecule has 0 fully saturated rings. The molecule has 4 heteroatoms. The zero-order chi connectivity index (χ0) is 8.97. The van der Waals surface area contributed by atoms with Crippen LogP contribution in [-0.2, 0) is 9.53 Å². The SMILES string of the molecule is COC(=O)C1C=CC=C(CBr)N1. The molecule has 0 radical (unpaired) electrons. The number of halogens is 1. The van der Waals surface area contributed by atoms with Gasteiger partial charge in [0.1, 0.15) is 6.04 Å². The second-order valence-electron chi connectivity index (χ2n) is 2.36. The topological polar surface area (TPSA) is 38.3 Å². The van der Waals surface area contributed by atoms with Gasteiger partial charge >= 0.3 is 5.97 Å². The average Bonchev–Trinajstić information content (AvgIpc) is 2.17. The lowest BCUT2D eigenvalue weighted by Crippen LogP contribution is -2.37. The summed E-state index contributed by atoms with van der Waals surface area (Å²) in [5.41, 5.74) is 0.980. The molecule has 0 bridgehead atoms. The second kappa shape index (κ2) is 4.30. The van der Waals surface area contributed by atoms with Crippen LogP contribution in [0.5, 0.6) is 0 Å². The van der Waals surface area contributed by atoms with E-state index in [1.807, 2.05) is 12.2 Å². The Labute approximate surface area is 79.6 Å². The van der Waals surface area contributed by atoms with Crippen LogP contribution in [0, 0.1) is 0 Å². The number of dihydropyridines is 1. The van der Waals surface area contributed by atoms with Crippen LogP contribution in [0.25, 0.3) is 0 Å². The van der Waals surface area contributed by atoms with Crippen molar-refractivity contribution in [1.82, 2.24) is 5.32 Å². The van der Waals surface area contributed by atoms with Crippen molar-refractivity contribution < 1.29 is 9.53 Å². The summed E-state index contributed by atoms with van der Waals surface area (Å²) in [5, 5.41) is 3.72. The molecular weight excluding hydrogens is 222 g/mol. The molecule has 1 N–H and O–H groups in total. The Kier molecular flexibility index (Phi) is 3.34. The molecule has 1 rings (SSSR count). The fourth-order valence-corrected chi connectivity index (χ4v) is 1.28. The maximum absolute atomic E-state index is 11.0. The van der Waals surface area contributed by atoms with E-state index >= 15 is 0 Å². The van der Waals surface area contributed by atoms with Crippen molar-refractivity contribution >= 4 is 21.9 Å². The maximum Gasteiger partial charge on any atom is 0.332 e. The molecule has 0 spiro atoms. The minimum absolute atomic E-state index is 0.266. The maximum atomic E-state index is 11.0. The number of alkyl halides is 1. The smallest absolute Gasteiger partial charge is 0.332 e. The number of rotatable bonds is 2. The molecule has 0 saturated carbocycles. The van der Waals surface area contributed by atoms with Gasteiger partial charge in [-0.05, 0) is 6.08 Å². The van der Waals surface area contributed by atoms with Crippen molar-refractivity contribution in [2.75, 3.05) is 12.4 Å². The molecule has 0 aromatic heterocycles. The first-order valence-corrected chi connectivity index (χ1v) is 4.67. The first kappa shape index (κ1) is 9.32. The third-order valence-corrected chi connectivity index (χ3v) is 2.15. The van der Waals surface area contributed by atoms with Crippen molar-refractivity contribution in [1.29, 1.82) is 0 Å². The van der Waals surface area contributed by atoms with Crippen LogP contribution < -0.4 is 5.32 Å². The van der Waals surface area contributed by atoms with Crippen LogP contribution in [-0.4, -0.2) is 24.5 Å². The highest BCUT2D eigenvalue weighted by molar-refractivity contribution is 9.09. The van der Waals surface area contributed by atoms with Gasteiger partial charge in [0.05, 0.1) is 7.11 Å². The predicted octanol–water partition coefficient (Wildman–Crippen LogP) is 0.966. The number of ether oxygens (including phenoxy) is 1. The highest BCUT2D eigenvalue weighted by atomic mass is 79.9. The normalized spacial score (nSPS) is 21.2. The van der Waals surface area contributed by atoms with Crippen LogP contribution in [0.1, 0.15) is 0 Å². The van der Waals surface area contributed by atoms with Gasteiger partial charge < -0.3 is 10.1 Å². The fraction of sp³-hybridized carbons (Fsp3) is 0.375. The number of allylic oxidation sites excluding steroid dienone is 3. The summed E-state index contributed by atoms with van der Waals surface area (Å²) in [6.45, 7) is 0. The Bertz CT molecular complexity index is 235. The van der Waals surface area contributed by atoms with Gasteiger partial charge in [0, 0.05) is 11.0 Å². The van der Waals surface area contributed by atoms with E-state index in [2.05, 4.69) is 26.0 Å². The van der Waals surface area contributed by atoms with Crippen LogP contribution in [0.3, 0.4) is 0 Å². The number of carbonyl (C=O) groups excluding carboxylic acids is 1. The third kappa shape index (κ3) is 2.11. The van der Waals surface area contributed by atoms with Crippen molar-refractivity contribution in [2.24, 2.45) is 0 Å². The average molecular weight is 232 g/mol. The molecule has 0 aromatic rings. The van der Waals surface area contributed by atoms with Crippen molar-refractivity contribution in [3.63, 3.8) is 0 Å². The molecule has 1 aliphatic rings. The summed E-state index contributed by atoms with van der Waals surface area (Å²) in [6.07, 6.45) is 5.51. The van der Waals surface area contributed by atoms with Crippen molar-refractivity contribution in [3.05, 3.63) is 23.9 Å². The molecule has 1 aliphatic heterocycles. The van der Waals surface area contributed by atoms with E-state index in [4.69, 9.17) is 0 Å². The molecule has 1 atom stereocenters. The zero-order valence-electron chi connectivity index (χ0n) is 6.71. The molecule has 0 aliphatic carbocycles. The number of methoxy groups -OCH3 is 1. The number of nitrogens with one attached hydrogen (secondary N) is 1. The lowest BCUT2D eigenvalue weighted by atomic mass is 10.2. The van der Waals surface area contributed by atoms with Crippen LogP contribution >= 0.6 is 15.9 Å². The van der Waals surface area contributed by atoms with E-state index in [1.165, 1.54) is 7.11 Å². The second-order valence-corrected chi connectivity index (χ2v) is 2.92. The van der Waals surface area contributed by atoms with E-state index in [-0.39, 0.29) is 12.0 Å². The number of hydrogen-bond acceptors (Lipinski definition) is 3. The van der Waals surface area contributed by atoms with Crippen LogP contribution in [0.15, 0.2) is 23.9 Å². The molecule has 0 saturated heterocycles. The van der Waals surface area contributed by atoms with Gasteiger partial charge in [-0.25, -0.2) is 4.79 Å². The van der Waals surface area contributed by atoms with E-state index in [9.17, 15) is 4.79 Å². The minimum atomic E-state index is -0.340. The molecule has 1 heterocycles. The standard InChI is InChI=1S/C8H10BrNO2/c1-12-8(11)7-4-2-3-6(5-9)10-7/h2-4,7,10H,5H2,1H3. The monoisotopic (exact) mass is 231 g/mol. The molecular formula is C8H10BrNO2. The summed E-state index contributed by atoms with van der Waals surface area (Å²) >= 11 is 3.29. The molecule has 0 amide bonds. The minimum Gasteiger partial charge on any atom is -0.467 e. The molecule has 0 aromatic carbocycles. The Morgan fingerprint density at radius 1 is 1.83 bits per heavy atom. The molecule has 1 unspecified atom stereocenters.